The van der Waals surface area contributed by atoms with Crippen LogP contribution in [0.25, 0.3) is 22.4 Å². The van der Waals surface area contributed by atoms with Crippen molar-refractivity contribution in [3.05, 3.63) is 81.9 Å². The molecular weight excluding hydrogens is 354 g/mol. The molecule has 0 radical (unpaired) electrons. The molecule has 6 nitrogen and oxygen atoms in total. The van der Waals surface area contributed by atoms with Gasteiger partial charge in [0.25, 0.3) is 0 Å². The van der Waals surface area contributed by atoms with Gasteiger partial charge in [-0.3, -0.25) is 10.1 Å². The minimum absolute atomic E-state index is 0.136. The van der Waals surface area contributed by atoms with Crippen molar-refractivity contribution in [3.8, 4) is 22.9 Å². The number of nitrogens with zero attached hydrogens (tertiary/aromatic N) is 2. The molecular formula is C19H12ClN3O3. The molecule has 0 aliphatic heterocycles. The van der Waals surface area contributed by atoms with E-state index in [0.29, 0.717) is 22.2 Å². The summed E-state index contributed by atoms with van der Waals surface area (Å²) in [5.41, 5.74) is 2.11. The van der Waals surface area contributed by atoms with Crippen LogP contribution in [0.2, 0.25) is 5.02 Å². The molecule has 0 spiro atoms. The SMILES string of the molecule is O=[N+]([O-])c1cc(-c2nc3ccccc3[nH]2)ccc1Oc1cccc(Cl)c1. The smallest absolute Gasteiger partial charge is 0.312 e. The van der Waals surface area contributed by atoms with Crippen LogP contribution in [0.1, 0.15) is 0 Å². The van der Waals surface area contributed by atoms with Crippen molar-refractivity contribution in [2.45, 2.75) is 0 Å². The summed E-state index contributed by atoms with van der Waals surface area (Å²) in [6.07, 6.45) is 0. The van der Waals surface area contributed by atoms with Gasteiger partial charge in [0.1, 0.15) is 11.6 Å². The topological polar surface area (TPSA) is 81.0 Å². The molecule has 0 saturated heterocycles. The van der Waals surface area contributed by atoms with Crippen LogP contribution in [0.15, 0.2) is 66.7 Å². The number of aromatic nitrogens is 2. The lowest BCUT2D eigenvalue weighted by atomic mass is 10.2. The minimum Gasteiger partial charge on any atom is -0.450 e. The van der Waals surface area contributed by atoms with Crippen LogP contribution in [0.4, 0.5) is 5.69 Å². The third kappa shape index (κ3) is 3.10. The number of nitrogens with one attached hydrogen (secondary N) is 1. The lowest BCUT2D eigenvalue weighted by Crippen LogP contribution is -1.94. The molecule has 1 heterocycles. The van der Waals surface area contributed by atoms with Gasteiger partial charge in [-0.1, -0.05) is 29.8 Å². The number of aromatic amines is 1. The molecule has 0 saturated carbocycles. The Bertz CT molecular complexity index is 1090. The van der Waals surface area contributed by atoms with Crippen molar-refractivity contribution in [2.75, 3.05) is 0 Å². The second kappa shape index (κ2) is 6.50. The van der Waals surface area contributed by atoms with E-state index in [-0.39, 0.29) is 11.4 Å². The van der Waals surface area contributed by atoms with Crippen LogP contribution in [0.3, 0.4) is 0 Å². The average molecular weight is 366 g/mol. The van der Waals surface area contributed by atoms with Crippen LogP contribution in [0, 0.1) is 10.1 Å². The molecule has 0 fully saturated rings. The maximum atomic E-state index is 11.5. The van der Waals surface area contributed by atoms with Gasteiger partial charge in [-0.05, 0) is 42.5 Å². The largest absolute Gasteiger partial charge is 0.450 e. The van der Waals surface area contributed by atoms with Gasteiger partial charge < -0.3 is 9.72 Å². The Morgan fingerprint density at radius 2 is 1.88 bits per heavy atom. The van der Waals surface area contributed by atoms with Gasteiger partial charge in [-0.15, -0.1) is 0 Å². The monoisotopic (exact) mass is 365 g/mol. The van der Waals surface area contributed by atoms with Crippen molar-refractivity contribution in [1.29, 1.82) is 0 Å². The molecule has 0 unspecified atom stereocenters. The molecule has 0 aliphatic rings. The number of ether oxygens (including phenoxy) is 1. The van der Waals surface area contributed by atoms with Crippen LogP contribution in [0.5, 0.6) is 11.5 Å². The highest BCUT2D eigenvalue weighted by molar-refractivity contribution is 6.30. The highest BCUT2D eigenvalue weighted by Gasteiger charge is 2.19. The van der Waals surface area contributed by atoms with Gasteiger partial charge in [-0.25, -0.2) is 4.98 Å². The fourth-order valence-corrected chi connectivity index (χ4v) is 2.82. The summed E-state index contributed by atoms with van der Waals surface area (Å²) >= 11 is 5.93. The predicted molar refractivity (Wildman–Crippen MR) is 99.7 cm³/mol. The van der Waals surface area contributed by atoms with Crippen molar-refractivity contribution in [3.63, 3.8) is 0 Å². The van der Waals surface area contributed by atoms with Crippen molar-refractivity contribution < 1.29 is 9.66 Å². The molecule has 0 aliphatic carbocycles. The van der Waals surface area contributed by atoms with Gasteiger partial charge in [0.05, 0.1) is 16.0 Å². The number of benzene rings is 3. The molecule has 1 aromatic heterocycles. The van der Waals surface area contributed by atoms with E-state index in [1.165, 1.54) is 6.07 Å². The van der Waals surface area contributed by atoms with Gasteiger partial charge in [0.2, 0.25) is 5.75 Å². The number of para-hydroxylation sites is 2. The number of hydrogen-bond donors (Lipinski definition) is 1. The number of nitro groups is 1. The lowest BCUT2D eigenvalue weighted by molar-refractivity contribution is -0.385. The third-order valence-electron chi connectivity index (χ3n) is 3.84. The number of imidazole rings is 1. The highest BCUT2D eigenvalue weighted by Crippen LogP contribution is 2.35. The third-order valence-corrected chi connectivity index (χ3v) is 4.08. The maximum Gasteiger partial charge on any atom is 0.312 e. The normalized spacial score (nSPS) is 10.8. The van der Waals surface area contributed by atoms with Crippen molar-refractivity contribution in [1.82, 2.24) is 9.97 Å². The van der Waals surface area contributed by atoms with E-state index in [2.05, 4.69) is 9.97 Å². The second-order valence-corrected chi connectivity index (χ2v) is 6.04. The quantitative estimate of drug-likeness (QED) is 0.378. The molecule has 3 aromatic carbocycles. The lowest BCUT2D eigenvalue weighted by Gasteiger charge is -2.07. The number of halogens is 1. The zero-order chi connectivity index (χ0) is 18.1. The Morgan fingerprint density at radius 1 is 1.04 bits per heavy atom. The van der Waals surface area contributed by atoms with E-state index in [1.54, 1.807) is 36.4 Å². The van der Waals surface area contributed by atoms with Crippen molar-refractivity contribution in [2.24, 2.45) is 0 Å². The van der Waals surface area contributed by atoms with Crippen LogP contribution < -0.4 is 4.74 Å². The Balaban J connectivity index is 1.74. The summed E-state index contributed by atoms with van der Waals surface area (Å²) in [5.74, 6) is 1.12. The maximum absolute atomic E-state index is 11.5. The van der Waals surface area contributed by atoms with E-state index < -0.39 is 4.92 Å². The summed E-state index contributed by atoms with van der Waals surface area (Å²) in [6, 6.07) is 19.0. The van der Waals surface area contributed by atoms with E-state index >= 15 is 0 Å². The molecule has 128 valence electrons. The molecule has 7 heteroatoms. The second-order valence-electron chi connectivity index (χ2n) is 5.60. The Labute approximate surface area is 153 Å². The fourth-order valence-electron chi connectivity index (χ4n) is 2.64. The predicted octanol–water partition coefficient (Wildman–Crippen LogP) is 5.58. The standard InChI is InChI=1S/C19H12ClN3O3/c20-13-4-3-5-14(11-13)26-18-9-8-12(10-17(18)23(24)25)19-21-15-6-1-2-7-16(15)22-19/h1-11H,(H,21,22). The Morgan fingerprint density at radius 3 is 2.65 bits per heavy atom. The van der Waals surface area contributed by atoms with Crippen LogP contribution in [-0.2, 0) is 0 Å². The first-order chi connectivity index (χ1) is 12.6. The first-order valence-electron chi connectivity index (χ1n) is 7.77. The summed E-state index contributed by atoms with van der Waals surface area (Å²) in [7, 11) is 0. The molecule has 26 heavy (non-hydrogen) atoms. The van der Waals surface area contributed by atoms with Crippen LogP contribution >= 0.6 is 11.6 Å². The van der Waals surface area contributed by atoms with Crippen LogP contribution in [-0.4, -0.2) is 14.9 Å². The van der Waals surface area contributed by atoms with Gasteiger partial charge in [0, 0.05) is 16.7 Å². The van der Waals surface area contributed by atoms with E-state index in [4.69, 9.17) is 16.3 Å². The van der Waals surface area contributed by atoms with E-state index in [9.17, 15) is 10.1 Å². The van der Waals surface area contributed by atoms with Crippen molar-refractivity contribution >= 4 is 28.3 Å². The minimum atomic E-state index is -0.480. The molecule has 1 N–H and O–H groups in total. The molecule has 4 aromatic rings. The summed E-state index contributed by atoms with van der Waals surface area (Å²) in [4.78, 5) is 18.7. The number of fused-ring (bicyclic) bond motifs is 1. The summed E-state index contributed by atoms with van der Waals surface area (Å²) in [6.45, 7) is 0. The van der Waals surface area contributed by atoms with Gasteiger partial charge >= 0.3 is 5.69 Å². The zero-order valence-corrected chi connectivity index (χ0v) is 14.1. The Kier molecular flexibility index (Phi) is 4.02. The number of nitro benzene ring substituents is 1. The summed E-state index contributed by atoms with van der Waals surface area (Å²) < 4.78 is 5.64. The molecule has 0 amide bonds. The molecule has 0 bridgehead atoms. The van der Waals surface area contributed by atoms with E-state index in [1.807, 2.05) is 24.3 Å². The van der Waals surface area contributed by atoms with E-state index in [0.717, 1.165) is 11.0 Å². The zero-order valence-electron chi connectivity index (χ0n) is 13.3. The summed E-state index contributed by atoms with van der Waals surface area (Å²) in [5, 5.41) is 12.0. The van der Waals surface area contributed by atoms with Gasteiger partial charge in [-0.2, -0.15) is 0 Å². The van der Waals surface area contributed by atoms with Gasteiger partial charge in [0.15, 0.2) is 0 Å². The highest BCUT2D eigenvalue weighted by atomic mass is 35.5. The fraction of sp³-hybridized carbons (Fsp3) is 0. The Hall–Kier alpha value is -3.38. The number of rotatable bonds is 4. The first-order valence-corrected chi connectivity index (χ1v) is 8.15. The first kappa shape index (κ1) is 16.1. The molecule has 4 rings (SSSR count). The number of hydrogen-bond acceptors (Lipinski definition) is 4. The molecule has 0 atom stereocenters. The average Bonchev–Trinajstić information content (AvgIpc) is 3.06. The number of H-pyrrole nitrogens is 1.